The molecule has 11 heteroatoms. The molecule has 0 spiro atoms. The Bertz CT molecular complexity index is 1000. The molecule has 0 atom stereocenters. The maximum absolute atomic E-state index is 13.3. The summed E-state index contributed by atoms with van der Waals surface area (Å²) in [5.41, 5.74) is -1.29. The maximum Gasteiger partial charge on any atom is 0.417 e. The predicted octanol–water partition coefficient (Wildman–Crippen LogP) is 3.74. The first-order valence-corrected chi connectivity index (χ1v) is 11.3. The van der Waals surface area contributed by atoms with E-state index in [0.717, 1.165) is 24.8 Å². The summed E-state index contributed by atoms with van der Waals surface area (Å²) in [7, 11) is 0. The first-order chi connectivity index (χ1) is 16.3. The predicted molar refractivity (Wildman–Crippen MR) is 118 cm³/mol. The van der Waals surface area contributed by atoms with Gasteiger partial charge in [0.15, 0.2) is 5.82 Å². The van der Waals surface area contributed by atoms with E-state index in [1.807, 2.05) is 4.90 Å². The minimum absolute atomic E-state index is 0.0704. The van der Waals surface area contributed by atoms with Crippen LogP contribution in [0.1, 0.15) is 41.6 Å². The lowest BCUT2D eigenvalue weighted by Gasteiger charge is -2.35. The van der Waals surface area contributed by atoms with Crippen LogP contribution in [0.2, 0.25) is 0 Å². The van der Waals surface area contributed by atoms with E-state index in [0.29, 0.717) is 25.5 Å². The van der Waals surface area contributed by atoms with Crippen LogP contribution in [0.5, 0.6) is 5.88 Å². The van der Waals surface area contributed by atoms with Crippen LogP contribution in [0, 0.1) is 5.92 Å². The van der Waals surface area contributed by atoms with E-state index in [1.54, 1.807) is 6.07 Å². The number of carbonyl (C=O) groups is 2. The minimum Gasteiger partial charge on any atom is -0.390 e. The van der Waals surface area contributed by atoms with Gasteiger partial charge in [-0.15, -0.1) is 10.2 Å². The molecule has 0 bridgehead atoms. The Hall–Kier alpha value is -3.37. The van der Waals surface area contributed by atoms with Gasteiger partial charge in [-0.1, -0.05) is 25.0 Å². The fraction of sp³-hybridized carbons (Fsp3) is 0.478. The summed E-state index contributed by atoms with van der Waals surface area (Å²) in [6.45, 7) is 1.81. The molecule has 2 amide bonds. The van der Waals surface area contributed by atoms with Gasteiger partial charge in [-0.2, -0.15) is 13.2 Å². The zero-order chi connectivity index (χ0) is 24.1. The summed E-state index contributed by atoms with van der Waals surface area (Å²) in [5.74, 6) is 0.762. The quantitative estimate of drug-likeness (QED) is 0.612. The molecule has 0 unspecified atom stereocenters. The van der Waals surface area contributed by atoms with Crippen molar-refractivity contribution in [1.29, 1.82) is 0 Å². The number of nitrogens with one attached hydrogen (secondary N) is 1. The second kappa shape index (κ2) is 10.3. The van der Waals surface area contributed by atoms with E-state index in [9.17, 15) is 22.8 Å². The number of halogens is 3. The topological polar surface area (TPSA) is 87.7 Å². The lowest BCUT2D eigenvalue weighted by molar-refractivity contribution is -0.138. The van der Waals surface area contributed by atoms with Crippen molar-refractivity contribution in [3.63, 3.8) is 0 Å². The third-order valence-corrected chi connectivity index (χ3v) is 5.93. The highest BCUT2D eigenvalue weighted by Crippen LogP contribution is 2.33. The highest BCUT2D eigenvalue weighted by molar-refractivity contribution is 5.96. The average Bonchev–Trinajstić information content (AvgIpc) is 3.66. The van der Waals surface area contributed by atoms with Crippen LogP contribution in [0.15, 0.2) is 36.4 Å². The molecule has 8 nitrogen and oxygen atoms in total. The van der Waals surface area contributed by atoms with Gasteiger partial charge >= 0.3 is 12.3 Å². The van der Waals surface area contributed by atoms with Crippen molar-refractivity contribution < 1.29 is 27.5 Å². The molecule has 2 aliphatic rings. The third-order valence-electron chi connectivity index (χ3n) is 5.93. The van der Waals surface area contributed by atoms with Crippen LogP contribution < -0.4 is 15.0 Å². The van der Waals surface area contributed by atoms with Gasteiger partial charge in [-0.25, -0.2) is 4.79 Å². The van der Waals surface area contributed by atoms with Crippen LogP contribution in [0.3, 0.4) is 0 Å². The van der Waals surface area contributed by atoms with Crippen molar-refractivity contribution in [2.75, 3.05) is 37.6 Å². The molecular formula is C23H26F3N5O3. The first kappa shape index (κ1) is 23.8. The largest absolute Gasteiger partial charge is 0.417 e. The fourth-order valence-corrected chi connectivity index (χ4v) is 3.88. The molecule has 2 fully saturated rings. The van der Waals surface area contributed by atoms with Crippen molar-refractivity contribution in [2.24, 2.45) is 5.92 Å². The monoisotopic (exact) mass is 477 g/mol. The summed E-state index contributed by atoms with van der Waals surface area (Å²) in [5, 5.41) is 10.7. The Morgan fingerprint density at radius 3 is 2.41 bits per heavy atom. The van der Waals surface area contributed by atoms with E-state index in [-0.39, 0.29) is 24.5 Å². The number of hydrogen-bond acceptors (Lipinski definition) is 6. The second-order valence-electron chi connectivity index (χ2n) is 8.45. The van der Waals surface area contributed by atoms with E-state index in [2.05, 4.69) is 15.5 Å². The van der Waals surface area contributed by atoms with Crippen LogP contribution in [-0.4, -0.2) is 59.8 Å². The summed E-state index contributed by atoms with van der Waals surface area (Å²) >= 11 is 0. The van der Waals surface area contributed by atoms with Crippen LogP contribution >= 0.6 is 0 Å². The molecule has 2 aromatic rings. The smallest absolute Gasteiger partial charge is 0.390 e. The van der Waals surface area contributed by atoms with Gasteiger partial charge < -0.3 is 19.9 Å². The van der Waals surface area contributed by atoms with E-state index in [1.165, 1.54) is 42.0 Å². The molecule has 182 valence electrons. The van der Waals surface area contributed by atoms with Crippen molar-refractivity contribution in [2.45, 2.75) is 31.9 Å². The molecule has 1 aliphatic carbocycles. The van der Waals surface area contributed by atoms with Gasteiger partial charge in [0.2, 0.25) is 5.88 Å². The van der Waals surface area contributed by atoms with Crippen molar-refractivity contribution in [3.05, 3.63) is 47.5 Å². The molecular weight excluding hydrogens is 451 g/mol. The number of nitrogens with zero attached hydrogens (tertiary/aromatic N) is 4. The molecule has 0 radical (unpaired) electrons. The van der Waals surface area contributed by atoms with Gasteiger partial charge in [0.05, 0.1) is 11.1 Å². The Balaban J connectivity index is 1.26. The number of carbonyl (C=O) groups excluding carboxylic acids is 2. The fourth-order valence-electron chi connectivity index (χ4n) is 3.88. The summed E-state index contributed by atoms with van der Waals surface area (Å²) < 4.78 is 44.9. The average molecular weight is 477 g/mol. The number of anilines is 1. The molecule has 2 heterocycles. The number of aromatic nitrogens is 2. The molecule has 1 saturated carbocycles. The normalized spacial score (nSPS) is 16.3. The highest BCUT2D eigenvalue weighted by Gasteiger charge is 2.36. The highest BCUT2D eigenvalue weighted by atomic mass is 19.4. The Kier molecular flexibility index (Phi) is 7.18. The Morgan fingerprint density at radius 2 is 1.76 bits per heavy atom. The number of piperazine rings is 1. The number of alkyl halides is 3. The molecule has 4 rings (SSSR count). The van der Waals surface area contributed by atoms with Crippen LogP contribution in [0.25, 0.3) is 0 Å². The van der Waals surface area contributed by atoms with Crippen LogP contribution in [-0.2, 0) is 6.18 Å². The lowest BCUT2D eigenvalue weighted by Crippen LogP contribution is -2.49. The van der Waals surface area contributed by atoms with Gasteiger partial charge in [0.1, 0.15) is 0 Å². The van der Waals surface area contributed by atoms with Crippen LogP contribution in [0.4, 0.5) is 23.8 Å². The molecule has 1 aromatic heterocycles. The standard InChI is InChI=1S/C23H26F3N5O3/c24-23(25,26)18-6-2-1-5-17(18)21(32)31-14-12-30(13-15-31)19-9-10-20(29-28-19)34-22(33)27-11-3-4-16-7-8-16/h1-2,5-6,9-10,16H,3-4,7-8,11-15H2,(H,27,33). The van der Waals surface area contributed by atoms with Gasteiger partial charge in [0, 0.05) is 38.8 Å². The molecule has 34 heavy (non-hydrogen) atoms. The number of rotatable bonds is 7. The first-order valence-electron chi connectivity index (χ1n) is 11.3. The molecule has 1 aromatic carbocycles. The van der Waals surface area contributed by atoms with E-state index < -0.39 is 23.7 Å². The Labute approximate surface area is 195 Å². The van der Waals surface area contributed by atoms with Gasteiger partial charge in [-0.05, 0) is 37.0 Å². The maximum atomic E-state index is 13.3. The summed E-state index contributed by atoms with van der Waals surface area (Å²) in [6, 6.07) is 7.99. The number of hydrogen-bond donors (Lipinski definition) is 1. The van der Waals surface area contributed by atoms with E-state index in [4.69, 9.17) is 4.74 Å². The van der Waals surface area contributed by atoms with Crippen molar-refractivity contribution >= 4 is 17.8 Å². The second-order valence-corrected chi connectivity index (χ2v) is 8.45. The number of ether oxygens (including phenoxy) is 1. The summed E-state index contributed by atoms with van der Waals surface area (Å²) in [4.78, 5) is 27.8. The number of amides is 2. The number of benzene rings is 1. The lowest BCUT2D eigenvalue weighted by atomic mass is 10.1. The van der Waals surface area contributed by atoms with Crippen molar-refractivity contribution in [3.8, 4) is 5.88 Å². The summed E-state index contributed by atoms with van der Waals surface area (Å²) in [6.07, 6.45) is -0.582. The Morgan fingerprint density at radius 1 is 1.03 bits per heavy atom. The molecule has 1 N–H and O–H groups in total. The zero-order valence-electron chi connectivity index (χ0n) is 18.6. The van der Waals surface area contributed by atoms with Gasteiger partial charge in [0.25, 0.3) is 5.91 Å². The minimum atomic E-state index is -4.60. The van der Waals surface area contributed by atoms with Crippen molar-refractivity contribution in [1.82, 2.24) is 20.4 Å². The molecule has 1 aliphatic heterocycles. The molecule has 1 saturated heterocycles. The SMILES string of the molecule is O=C(NCCCC1CC1)Oc1ccc(N2CCN(C(=O)c3ccccc3C(F)(F)F)CC2)nn1. The van der Waals surface area contributed by atoms with E-state index >= 15 is 0 Å². The zero-order valence-corrected chi connectivity index (χ0v) is 18.6. The third kappa shape index (κ3) is 6.15. The van der Waals surface area contributed by atoms with Gasteiger partial charge in [-0.3, -0.25) is 4.79 Å².